The lowest BCUT2D eigenvalue weighted by Gasteiger charge is -2.28. The third kappa shape index (κ3) is 5.10. The fraction of sp³-hybridized carbons (Fsp3) is 0.364. The minimum atomic E-state index is -0.504. The third-order valence-corrected chi connectivity index (χ3v) is 5.82. The van der Waals surface area contributed by atoms with Gasteiger partial charge in [-0.05, 0) is 50.7 Å². The summed E-state index contributed by atoms with van der Waals surface area (Å²) in [4.78, 5) is 29.6. The van der Waals surface area contributed by atoms with Gasteiger partial charge in [0.2, 0.25) is 5.91 Å². The molecule has 0 bridgehead atoms. The van der Waals surface area contributed by atoms with Crippen LogP contribution in [0.25, 0.3) is 0 Å². The zero-order valence-electron chi connectivity index (χ0n) is 16.6. The first-order valence-electron chi connectivity index (χ1n) is 9.63. The van der Waals surface area contributed by atoms with Crippen LogP contribution in [0, 0.1) is 0 Å². The quantitative estimate of drug-likeness (QED) is 0.748. The van der Waals surface area contributed by atoms with Gasteiger partial charge in [-0.25, -0.2) is 0 Å². The Morgan fingerprint density at radius 1 is 1.17 bits per heavy atom. The molecule has 5 nitrogen and oxygen atoms in total. The van der Waals surface area contributed by atoms with Gasteiger partial charge in [-0.1, -0.05) is 53.5 Å². The standard InChI is InChI=1S/C22H25Cl2N3O2/c1-26(2)20(15-7-4-3-5-8-15)14-25-21(28)19-9-6-12-27(19)22(29)17-13-16(23)10-11-18(17)24/h3-5,7-8,10-11,13,19-20H,6,9,12,14H2,1-2H3,(H,25,28). The number of nitrogens with zero attached hydrogens (tertiary/aromatic N) is 2. The van der Waals surface area contributed by atoms with Crippen LogP contribution in [0.4, 0.5) is 0 Å². The summed E-state index contributed by atoms with van der Waals surface area (Å²) in [6.07, 6.45) is 1.41. The molecular weight excluding hydrogens is 409 g/mol. The van der Waals surface area contributed by atoms with E-state index in [9.17, 15) is 9.59 Å². The minimum Gasteiger partial charge on any atom is -0.352 e. The molecule has 2 aromatic rings. The highest BCUT2D eigenvalue weighted by Gasteiger charge is 2.35. The van der Waals surface area contributed by atoms with Crippen molar-refractivity contribution in [1.29, 1.82) is 0 Å². The molecule has 1 aliphatic rings. The molecule has 2 amide bonds. The smallest absolute Gasteiger partial charge is 0.256 e. The summed E-state index contributed by atoms with van der Waals surface area (Å²) < 4.78 is 0. The Balaban J connectivity index is 1.69. The summed E-state index contributed by atoms with van der Waals surface area (Å²) >= 11 is 12.2. The fourth-order valence-corrected chi connectivity index (χ4v) is 4.06. The van der Waals surface area contributed by atoms with Crippen LogP contribution >= 0.6 is 23.2 Å². The normalized spacial score (nSPS) is 17.4. The summed E-state index contributed by atoms with van der Waals surface area (Å²) in [6, 6.07) is 14.4. The molecule has 2 unspecified atom stereocenters. The maximum atomic E-state index is 13.0. The van der Waals surface area contributed by atoms with Crippen molar-refractivity contribution in [2.45, 2.75) is 24.9 Å². The number of nitrogens with one attached hydrogen (secondary N) is 1. The van der Waals surface area contributed by atoms with E-state index in [0.29, 0.717) is 35.1 Å². The van der Waals surface area contributed by atoms with E-state index in [1.54, 1.807) is 23.1 Å². The molecule has 0 aromatic heterocycles. The summed E-state index contributed by atoms with van der Waals surface area (Å²) in [5.41, 5.74) is 1.46. The van der Waals surface area contributed by atoms with Crippen molar-refractivity contribution < 1.29 is 9.59 Å². The minimum absolute atomic E-state index is 0.0491. The van der Waals surface area contributed by atoms with Crippen LogP contribution < -0.4 is 5.32 Å². The van der Waals surface area contributed by atoms with Crippen LogP contribution in [0.15, 0.2) is 48.5 Å². The van der Waals surface area contributed by atoms with Gasteiger partial charge in [-0.2, -0.15) is 0 Å². The average molecular weight is 434 g/mol. The third-order valence-electron chi connectivity index (χ3n) is 5.25. The first kappa shape index (κ1) is 21.6. The van der Waals surface area contributed by atoms with E-state index in [4.69, 9.17) is 23.2 Å². The predicted octanol–water partition coefficient (Wildman–Crippen LogP) is 4.02. The molecule has 3 rings (SSSR count). The number of rotatable bonds is 6. The number of amides is 2. The zero-order chi connectivity index (χ0) is 21.0. The molecule has 0 spiro atoms. The van der Waals surface area contributed by atoms with E-state index < -0.39 is 6.04 Å². The number of benzene rings is 2. The molecule has 0 aliphatic carbocycles. The molecule has 0 radical (unpaired) electrons. The zero-order valence-corrected chi connectivity index (χ0v) is 18.1. The summed E-state index contributed by atoms with van der Waals surface area (Å²) in [6.45, 7) is 0.988. The van der Waals surface area contributed by atoms with Gasteiger partial charge in [0.15, 0.2) is 0 Å². The van der Waals surface area contributed by atoms with Crippen molar-refractivity contribution in [3.05, 3.63) is 69.7 Å². The monoisotopic (exact) mass is 433 g/mol. The number of carbonyl (C=O) groups excluding carboxylic acids is 2. The van der Waals surface area contributed by atoms with Gasteiger partial charge in [0.25, 0.3) is 5.91 Å². The van der Waals surface area contributed by atoms with Gasteiger partial charge < -0.3 is 15.1 Å². The lowest BCUT2D eigenvalue weighted by Crippen LogP contribution is -2.47. The second-order valence-electron chi connectivity index (χ2n) is 7.42. The lowest BCUT2D eigenvalue weighted by atomic mass is 10.1. The SMILES string of the molecule is CN(C)C(CNC(=O)C1CCCN1C(=O)c1cc(Cl)ccc1Cl)c1ccccc1. The molecule has 1 heterocycles. The highest BCUT2D eigenvalue weighted by atomic mass is 35.5. The number of hydrogen-bond acceptors (Lipinski definition) is 3. The maximum Gasteiger partial charge on any atom is 0.256 e. The average Bonchev–Trinajstić information content (AvgIpc) is 3.20. The van der Waals surface area contributed by atoms with Gasteiger partial charge in [0.1, 0.15) is 6.04 Å². The predicted molar refractivity (Wildman–Crippen MR) is 116 cm³/mol. The largest absolute Gasteiger partial charge is 0.352 e. The van der Waals surface area contributed by atoms with Crippen molar-refractivity contribution in [3.63, 3.8) is 0 Å². The Morgan fingerprint density at radius 2 is 1.90 bits per heavy atom. The first-order chi connectivity index (χ1) is 13.9. The van der Waals surface area contributed by atoms with Crippen molar-refractivity contribution in [2.75, 3.05) is 27.2 Å². The molecule has 1 aliphatic heterocycles. The van der Waals surface area contributed by atoms with E-state index >= 15 is 0 Å². The first-order valence-corrected chi connectivity index (χ1v) is 10.4. The van der Waals surface area contributed by atoms with Crippen molar-refractivity contribution in [1.82, 2.24) is 15.1 Å². The molecule has 2 aromatic carbocycles. The number of likely N-dealkylation sites (tertiary alicyclic amines) is 1. The number of hydrogen-bond donors (Lipinski definition) is 1. The van der Waals surface area contributed by atoms with Crippen molar-refractivity contribution >= 4 is 35.0 Å². The van der Waals surface area contributed by atoms with E-state index in [0.717, 1.165) is 12.0 Å². The van der Waals surface area contributed by atoms with E-state index in [2.05, 4.69) is 10.2 Å². The Morgan fingerprint density at radius 3 is 2.59 bits per heavy atom. The van der Waals surface area contributed by atoms with Gasteiger partial charge >= 0.3 is 0 Å². The molecule has 29 heavy (non-hydrogen) atoms. The second kappa shape index (κ2) is 9.61. The highest BCUT2D eigenvalue weighted by molar-refractivity contribution is 6.35. The molecule has 1 N–H and O–H groups in total. The van der Waals surface area contributed by atoms with Crippen LogP contribution in [0.1, 0.15) is 34.8 Å². The Bertz CT molecular complexity index is 874. The summed E-state index contributed by atoms with van der Waals surface area (Å²) in [7, 11) is 3.97. The Labute approximate surface area is 181 Å². The molecule has 7 heteroatoms. The van der Waals surface area contributed by atoms with Crippen LogP contribution in [0.2, 0.25) is 10.0 Å². The van der Waals surface area contributed by atoms with Gasteiger partial charge in [0, 0.05) is 18.1 Å². The summed E-state index contributed by atoms with van der Waals surface area (Å²) in [5.74, 6) is -0.404. The topological polar surface area (TPSA) is 52.7 Å². The molecule has 154 valence electrons. The van der Waals surface area contributed by atoms with Gasteiger partial charge in [-0.15, -0.1) is 0 Å². The van der Waals surface area contributed by atoms with Crippen molar-refractivity contribution in [3.8, 4) is 0 Å². The van der Waals surface area contributed by atoms with Crippen LogP contribution in [-0.2, 0) is 4.79 Å². The Hall–Kier alpha value is -2.08. The maximum absolute atomic E-state index is 13.0. The highest BCUT2D eigenvalue weighted by Crippen LogP contribution is 2.26. The lowest BCUT2D eigenvalue weighted by molar-refractivity contribution is -0.125. The number of likely N-dealkylation sites (N-methyl/N-ethyl adjacent to an activating group) is 1. The fourth-order valence-electron chi connectivity index (χ4n) is 3.69. The van der Waals surface area contributed by atoms with Gasteiger partial charge in [0.05, 0.1) is 16.6 Å². The molecule has 1 fully saturated rings. The Kier molecular flexibility index (Phi) is 7.17. The number of carbonyl (C=O) groups is 2. The van der Waals surface area contributed by atoms with Crippen molar-refractivity contribution in [2.24, 2.45) is 0 Å². The van der Waals surface area contributed by atoms with E-state index in [1.807, 2.05) is 44.4 Å². The van der Waals surface area contributed by atoms with Gasteiger partial charge in [-0.3, -0.25) is 9.59 Å². The molecule has 0 saturated carbocycles. The van der Waals surface area contributed by atoms with Crippen LogP contribution in [-0.4, -0.2) is 54.8 Å². The molecule has 2 atom stereocenters. The number of halogens is 2. The van der Waals surface area contributed by atoms with E-state index in [-0.39, 0.29) is 17.9 Å². The van der Waals surface area contributed by atoms with Crippen LogP contribution in [0.3, 0.4) is 0 Å². The second-order valence-corrected chi connectivity index (χ2v) is 8.26. The molecule has 1 saturated heterocycles. The summed E-state index contributed by atoms with van der Waals surface area (Å²) in [5, 5.41) is 3.81. The van der Waals surface area contributed by atoms with Crippen LogP contribution in [0.5, 0.6) is 0 Å². The molecular formula is C22H25Cl2N3O2. The van der Waals surface area contributed by atoms with E-state index in [1.165, 1.54) is 0 Å².